The molecule has 0 amide bonds. The molecule has 0 fully saturated rings. The quantitative estimate of drug-likeness (QED) is 0.519. The average Bonchev–Trinajstić information content (AvgIpc) is 2.79. The zero-order valence-corrected chi connectivity index (χ0v) is 15.8. The lowest BCUT2D eigenvalue weighted by molar-refractivity contribution is -0.642. The van der Waals surface area contributed by atoms with Gasteiger partial charge in [-0.15, -0.1) is 0 Å². The number of hydrogen-bond donors (Lipinski definition) is 0. The average molecular weight is 330 g/mol. The summed E-state index contributed by atoms with van der Waals surface area (Å²) in [6, 6.07) is 8.55. The second kappa shape index (κ2) is 8.30. The summed E-state index contributed by atoms with van der Waals surface area (Å²) in [6.45, 7) is 11.3. The molecule has 124 valence electrons. The van der Waals surface area contributed by atoms with E-state index < -0.39 is 0 Å². The highest BCUT2D eigenvalue weighted by atomic mass is 32.1. The highest BCUT2D eigenvalue weighted by Crippen LogP contribution is 2.20. The van der Waals surface area contributed by atoms with Crippen LogP contribution in [-0.2, 0) is 7.05 Å². The SMILES string of the molecule is CC(C)CN(C=CC=Cc1sc2ccccc2[n+]1C)CC(C)C. The summed E-state index contributed by atoms with van der Waals surface area (Å²) in [5.41, 5.74) is 1.29. The number of benzene rings is 1. The molecule has 0 N–H and O–H groups in total. The number of nitrogens with zero attached hydrogens (tertiary/aromatic N) is 2. The van der Waals surface area contributed by atoms with E-state index in [1.54, 1.807) is 0 Å². The fourth-order valence-electron chi connectivity index (χ4n) is 2.71. The molecule has 0 radical (unpaired) electrons. The Bertz CT molecular complexity index is 670. The molecule has 0 atom stereocenters. The van der Waals surface area contributed by atoms with Gasteiger partial charge in [-0.3, -0.25) is 0 Å². The molecule has 0 aliphatic heterocycles. The van der Waals surface area contributed by atoms with Crippen LogP contribution in [-0.4, -0.2) is 18.0 Å². The van der Waals surface area contributed by atoms with Crippen molar-refractivity contribution in [2.24, 2.45) is 18.9 Å². The minimum absolute atomic E-state index is 0.683. The number of allylic oxidation sites excluding steroid dienone is 2. The first-order valence-corrected chi connectivity index (χ1v) is 9.25. The minimum atomic E-state index is 0.683. The number of para-hydroxylation sites is 1. The van der Waals surface area contributed by atoms with E-state index in [2.05, 4.69) is 92.9 Å². The molecule has 0 unspecified atom stereocenters. The van der Waals surface area contributed by atoms with Gasteiger partial charge in [0, 0.05) is 25.2 Å². The Balaban J connectivity index is 2.07. The first-order valence-electron chi connectivity index (χ1n) is 8.44. The Hall–Kier alpha value is -1.61. The molecule has 0 aliphatic rings. The summed E-state index contributed by atoms with van der Waals surface area (Å²) in [6.07, 6.45) is 8.74. The van der Waals surface area contributed by atoms with Gasteiger partial charge >= 0.3 is 0 Å². The number of hydrogen-bond acceptors (Lipinski definition) is 2. The Morgan fingerprint density at radius 3 is 2.30 bits per heavy atom. The van der Waals surface area contributed by atoms with E-state index in [1.807, 2.05) is 11.3 Å². The number of aryl methyl sites for hydroxylation is 1. The topological polar surface area (TPSA) is 7.12 Å². The number of fused-ring (bicyclic) bond motifs is 1. The van der Waals surface area contributed by atoms with Crippen LogP contribution < -0.4 is 4.57 Å². The molecule has 0 bridgehead atoms. The van der Waals surface area contributed by atoms with Crippen molar-refractivity contribution in [1.29, 1.82) is 0 Å². The molecule has 3 heteroatoms. The summed E-state index contributed by atoms with van der Waals surface area (Å²) >= 11 is 1.83. The fourth-order valence-corrected chi connectivity index (χ4v) is 3.77. The molecule has 2 aromatic rings. The molecule has 0 saturated heterocycles. The minimum Gasteiger partial charge on any atom is -0.377 e. The largest absolute Gasteiger partial charge is 0.377 e. The van der Waals surface area contributed by atoms with Crippen LogP contribution in [0.2, 0.25) is 0 Å². The molecule has 0 saturated carbocycles. The molecule has 1 aromatic carbocycles. The summed E-state index contributed by atoms with van der Waals surface area (Å²) in [5.74, 6) is 1.37. The number of aromatic nitrogens is 1. The standard InChI is InChI=1S/C20H29N2S/c1-16(2)14-22(15-17(3)4)13-9-8-12-20-21(5)18-10-6-7-11-19(18)23-20/h6-13,16-17H,14-15H2,1-5H3/q+1. The van der Waals surface area contributed by atoms with Crippen molar-refractivity contribution < 1.29 is 4.57 Å². The lowest BCUT2D eigenvalue weighted by Crippen LogP contribution is -2.28. The Kier molecular flexibility index (Phi) is 6.40. The van der Waals surface area contributed by atoms with Gasteiger partial charge in [-0.2, -0.15) is 4.57 Å². The van der Waals surface area contributed by atoms with Gasteiger partial charge in [-0.05, 0) is 30.2 Å². The van der Waals surface area contributed by atoms with Gasteiger partial charge in [0.1, 0.15) is 11.7 Å². The highest BCUT2D eigenvalue weighted by molar-refractivity contribution is 7.18. The van der Waals surface area contributed by atoms with Gasteiger partial charge in [-0.25, -0.2) is 0 Å². The Morgan fingerprint density at radius 2 is 1.70 bits per heavy atom. The first kappa shape index (κ1) is 17.7. The van der Waals surface area contributed by atoms with Gasteiger partial charge in [-0.1, -0.05) is 57.2 Å². The van der Waals surface area contributed by atoms with Crippen LogP contribution >= 0.6 is 11.3 Å². The second-order valence-electron chi connectivity index (χ2n) is 6.91. The molecular weight excluding hydrogens is 300 g/mol. The maximum Gasteiger partial charge on any atom is 0.262 e. The zero-order chi connectivity index (χ0) is 16.8. The van der Waals surface area contributed by atoms with Gasteiger partial charge in [0.2, 0.25) is 5.52 Å². The van der Waals surface area contributed by atoms with E-state index in [0.29, 0.717) is 11.8 Å². The van der Waals surface area contributed by atoms with Crippen molar-refractivity contribution in [3.05, 3.63) is 47.6 Å². The van der Waals surface area contributed by atoms with Crippen LogP contribution in [0.4, 0.5) is 0 Å². The summed E-state index contributed by atoms with van der Waals surface area (Å²) < 4.78 is 3.59. The predicted octanol–water partition coefficient (Wildman–Crippen LogP) is 4.87. The maximum atomic E-state index is 2.42. The Labute approximate surface area is 144 Å². The second-order valence-corrected chi connectivity index (χ2v) is 7.97. The summed E-state index contributed by atoms with van der Waals surface area (Å²) in [7, 11) is 2.13. The molecule has 2 nitrogen and oxygen atoms in total. The van der Waals surface area contributed by atoms with Crippen LogP contribution in [0.3, 0.4) is 0 Å². The van der Waals surface area contributed by atoms with Crippen molar-refractivity contribution in [3.8, 4) is 0 Å². The van der Waals surface area contributed by atoms with Crippen molar-refractivity contribution in [3.63, 3.8) is 0 Å². The van der Waals surface area contributed by atoms with Crippen LogP contribution in [0, 0.1) is 11.8 Å². The van der Waals surface area contributed by atoms with Crippen molar-refractivity contribution in [2.75, 3.05) is 13.1 Å². The van der Waals surface area contributed by atoms with Crippen LogP contribution in [0.5, 0.6) is 0 Å². The van der Waals surface area contributed by atoms with E-state index in [-0.39, 0.29) is 0 Å². The first-order chi connectivity index (χ1) is 11.0. The lowest BCUT2D eigenvalue weighted by Gasteiger charge is -2.24. The van der Waals surface area contributed by atoms with Gasteiger partial charge in [0.05, 0.1) is 0 Å². The molecule has 0 spiro atoms. The normalized spacial score (nSPS) is 12.5. The van der Waals surface area contributed by atoms with Crippen LogP contribution in [0.15, 0.2) is 42.6 Å². The molecule has 2 rings (SSSR count). The van der Waals surface area contributed by atoms with Crippen molar-refractivity contribution in [1.82, 2.24) is 4.90 Å². The molecule has 1 aromatic heterocycles. The monoisotopic (exact) mass is 329 g/mol. The highest BCUT2D eigenvalue weighted by Gasteiger charge is 2.12. The maximum absolute atomic E-state index is 2.42. The third-order valence-corrected chi connectivity index (χ3v) is 4.80. The number of rotatable bonds is 7. The van der Waals surface area contributed by atoms with Crippen LogP contribution in [0.25, 0.3) is 16.3 Å². The smallest absolute Gasteiger partial charge is 0.262 e. The fraction of sp³-hybridized carbons (Fsp3) is 0.450. The van der Waals surface area contributed by atoms with Crippen LogP contribution in [0.1, 0.15) is 32.7 Å². The molecule has 0 aliphatic carbocycles. The summed E-state index contributed by atoms with van der Waals surface area (Å²) in [5, 5.41) is 1.27. The molecule has 23 heavy (non-hydrogen) atoms. The van der Waals surface area contributed by atoms with E-state index in [1.165, 1.54) is 15.2 Å². The van der Waals surface area contributed by atoms with E-state index >= 15 is 0 Å². The van der Waals surface area contributed by atoms with E-state index in [0.717, 1.165) is 13.1 Å². The lowest BCUT2D eigenvalue weighted by atomic mass is 10.1. The van der Waals surface area contributed by atoms with Gasteiger partial charge < -0.3 is 4.90 Å². The molecular formula is C20H29N2S+. The van der Waals surface area contributed by atoms with E-state index in [4.69, 9.17) is 0 Å². The van der Waals surface area contributed by atoms with E-state index in [9.17, 15) is 0 Å². The third-order valence-electron chi connectivity index (χ3n) is 3.62. The summed E-state index contributed by atoms with van der Waals surface area (Å²) in [4.78, 5) is 2.42. The Morgan fingerprint density at radius 1 is 1.04 bits per heavy atom. The zero-order valence-electron chi connectivity index (χ0n) is 15.0. The van der Waals surface area contributed by atoms with Gasteiger partial charge in [0.15, 0.2) is 0 Å². The molecule has 1 heterocycles. The number of thiazole rings is 1. The predicted molar refractivity (Wildman–Crippen MR) is 102 cm³/mol. The third kappa shape index (κ3) is 5.21. The van der Waals surface area contributed by atoms with Crippen molar-refractivity contribution in [2.45, 2.75) is 27.7 Å². The van der Waals surface area contributed by atoms with Crippen molar-refractivity contribution >= 4 is 27.6 Å². The van der Waals surface area contributed by atoms with Gasteiger partial charge in [0.25, 0.3) is 5.01 Å².